The minimum absolute atomic E-state index is 0.0254. The molecule has 4 rings (SSSR count). The molecule has 1 aliphatic rings. The van der Waals surface area contributed by atoms with E-state index >= 15 is 0 Å². The lowest BCUT2D eigenvalue weighted by atomic mass is 9.82. The zero-order valence-corrected chi connectivity index (χ0v) is 20.4. The molecule has 0 saturated heterocycles. The Bertz CT molecular complexity index is 1190. The molecule has 1 aliphatic carbocycles. The van der Waals surface area contributed by atoms with Crippen LogP contribution >= 0.6 is 0 Å². The lowest BCUT2D eigenvalue weighted by Crippen LogP contribution is -2.31. The van der Waals surface area contributed by atoms with Gasteiger partial charge in [-0.15, -0.1) is 0 Å². The predicted octanol–water partition coefficient (Wildman–Crippen LogP) is 3.80. The maximum atomic E-state index is 13.2. The van der Waals surface area contributed by atoms with Crippen LogP contribution in [0.3, 0.4) is 0 Å². The lowest BCUT2D eigenvalue weighted by Gasteiger charge is -2.30. The number of carbonyl (C=O) groups is 1. The molecule has 1 saturated carbocycles. The average Bonchev–Trinajstić information content (AvgIpc) is 3.27. The third kappa shape index (κ3) is 5.38. The number of nitrogens with one attached hydrogen (secondary N) is 2. The number of pyridine rings is 2. The summed E-state index contributed by atoms with van der Waals surface area (Å²) in [6.45, 7) is 4.91. The smallest absolute Gasteiger partial charge is 0.273 e. The molecule has 180 valence electrons. The summed E-state index contributed by atoms with van der Waals surface area (Å²) in [6, 6.07) is 6.01. The molecule has 8 nitrogen and oxygen atoms in total. The summed E-state index contributed by atoms with van der Waals surface area (Å²) in [5.41, 5.74) is 4.28. The molecular formula is C26H34N6O2. The van der Waals surface area contributed by atoms with Crippen LogP contribution in [-0.4, -0.2) is 38.3 Å². The van der Waals surface area contributed by atoms with Crippen LogP contribution in [0.2, 0.25) is 0 Å². The number of carbonyl (C=O) groups excluding carboxylic acids is 1. The second kappa shape index (κ2) is 10.2. The average molecular weight is 463 g/mol. The largest absolute Gasteiger partial charge is 0.378 e. The highest BCUT2D eigenvalue weighted by Gasteiger charge is 2.24. The van der Waals surface area contributed by atoms with Gasteiger partial charge >= 0.3 is 0 Å². The van der Waals surface area contributed by atoms with Crippen molar-refractivity contribution < 1.29 is 4.79 Å². The van der Waals surface area contributed by atoms with E-state index in [1.807, 2.05) is 48.5 Å². The topological polar surface area (TPSA) is 93.8 Å². The second-order valence-corrected chi connectivity index (χ2v) is 9.65. The fraction of sp³-hybridized carbons (Fsp3) is 0.462. The fourth-order valence-corrected chi connectivity index (χ4v) is 4.70. The second-order valence-electron chi connectivity index (χ2n) is 9.65. The third-order valence-electron chi connectivity index (χ3n) is 6.49. The number of amides is 1. The molecular weight excluding hydrogens is 428 g/mol. The maximum absolute atomic E-state index is 13.2. The molecule has 3 heterocycles. The van der Waals surface area contributed by atoms with Gasteiger partial charge in [0.25, 0.3) is 11.5 Å². The lowest BCUT2D eigenvalue weighted by molar-refractivity contribution is 0.0958. The Morgan fingerprint density at radius 1 is 1.12 bits per heavy atom. The van der Waals surface area contributed by atoms with Gasteiger partial charge in [-0.05, 0) is 55.2 Å². The van der Waals surface area contributed by atoms with Gasteiger partial charge in [0.15, 0.2) is 0 Å². The van der Waals surface area contributed by atoms with Crippen molar-refractivity contribution in [3.8, 4) is 11.1 Å². The quantitative estimate of drug-likeness (QED) is 0.557. The van der Waals surface area contributed by atoms with Gasteiger partial charge in [-0.2, -0.15) is 5.10 Å². The van der Waals surface area contributed by atoms with Crippen LogP contribution in [0.15, 0.2) is 47.8 Å². The van der Waals surface area contributed by atoms with E-state index in [1.165, 1.54) is 5.56 Å². The highest BCUT2D eigenvalue weighted by Crippen LogP contribution is 2.34. The third-order valence-corrected chi connectivity index (χ3v) is 6.49. The zero-order chi connectivity index (χ0) is 24.2. The number of rotatable bonds is 7. The fourth-order valence-electron chi connectivity index (χ4n) is 4.70. The highest BCUT2D eigenvalue weighted by atomic mass is 16.1. The van der Waals surface area contributed by atoms with Gasteiger partial charge < -0.3 is 15.2 Å². The maximum Gasteiger partial charge on any atom is 0.273 e. The molecule has 0 spiro atoms. The first-order valence-electron chi connectivity index (χ1n) is 12.0. The first-order valence-corrected chi connectivity index (χ1v) is 12.0. The van der Waals surface area contributed by atoms with Gasteiger partial charge in [-0.25, -0.2) is 0 Å². The minimum atomic E-state index is -0.170. The molecule has 8 heteroatoms. The number of anilines is 1. The van der Waals surface area contributed by atoms with Crippen LogP contribution in [0.1, 0.15) is 61.5 Å². The molecule has 0 atom stereocenters. The standard InChI is InChI=1S/C26H34N6O2/c1-17(2)14-32-16-20(21-13-29-31(4)15-21)11-24(26(32)34)30-22-8-5-18(6-9-22)19-7-10-23(28-12-19)25(33)27-3/h7,10-13,15-18,22,30H,5-6,8-9,14H2,1-4H3,(H,27,33)/t18-,22+. The molecule has 0 aliphatic heterocycles. The summed E-state index contributed by atoms with van der Waals surface area (Å²) in [5.74, 6) is 0.619. The van der Waals surface area contributed by atoms with Crippen molar-refractivity contribution >= 4 is 11.6 Å². The summed E-state index contributed by atoms with van der Waals surface area (Å²) in [4.78, 5) is 29.3. The number of aromatic nitrogens is 4. The first kappa shape index (κ1) is 23.7. The van der Waals surface area contributed by atoms with Crippen molar-refractivity contribution in [2.75, 3.05) is 12.4 Å². The van der Waals surface area contributed by atoms with Crippen LogP contribution in [-0.2, 0) is 13.6 Å². The van der Waals surface area contributed by atoms with E-state index in [2.05, 4.69) is 34.6 Å². The summed E-state index contributed by atoms with van der Waals surface area (Å²) in [7, 11) is 3.50. The highest BCUT2D eigenvalue weighted by molar-refractivity contribution is 5.91. The SMILES string of the molecule is CNC(=O)c1ccc([C@H]2CC[C@@H](Nc3cc(-c4cnn(C)c4)cn(CC(C)C)c3=O)CC2)cn1. The summed E-state index contributed by atoms with van der Waals surface area (Å²) in [6.07, 6.45) is 11.5. The molecule has 1 amide bonds. The van der Waals surface area contributed by atoms with E-state index in [9.17, 15) is 9.59 Å². The Morgan fingerprint density at radius 2 is 1.88 bits per heavy atom. The molecule has 0 unspecified atom stereocenters. The van der Waals surface area contributed by atoms with E-state index in [0.717, 1.165) is 36.8 Å². The Hall–Kier alpha value is -3.42. The first-order chi connectivity index (χ1) is 16.3. The molecule has 34 heavy (non-hydrogen) atoms. The van der Waals surface area contributed by atoms with Crippen LogP contribution in [0, 0.1) is 5.92 Å². The number of hydrogen-bond donors (Lipinski definition) is 2. The Labute approximate surface area is 200 Å². The van der Waals surface area contributed by atoms with Crippen molar-refractivity contribution in [2.45, 2.75) is 58.0 Å². The summed E-state index contributed by atoms with van der Waals surface area (Å²) < 4.78 is 3.60. The van der Waals surface area contributed by atoms with Gasteiger partial charge in [0.1, 0.15) is 11.4 Å². The van der Waals surface area contributed by atoms with Crippen molar-refractivity contribution in [2.24, 2.45) is 13.0 Å². The van der Waals surface area contributed by atoms with Crippen molar-refractivity contribution in [1.82, 2.24) is 24.6 Å². The number of hydrogen-bond acceptors (Lipinski definition) is 5. The van der Waals surface area contributed by atoms with Crippen LogP contribution < -0.4 is 16.2 Å². The van der Waals surface area contributed by atoms with E-state index in [-0.39, 0.29) is 17.5 Å². The molecule has 1 fully saturated rings. The molecule has 2 N–H and O–H groups in total. The van der Waals surface area contributed by atoms with Gasteiger partial charge in [0, 0.05) is 56.4 Å². The van der Waals surface area contributed by atoms with E-state index in [0.29, 0.717) is 29.8 Å². The van der Waals surface area contributed by atoms with Crippen LogP contribution in [0.5, 0.6) is 0 Å². The normalized spacial score (nSPS) is 18.1. The van der Waals surface area contributed by atoms with Crippen molar-refractivity contribution in [3.05, 3.63) is 64.6 Å². The van der Waals surface area contributed by atoms with Gasteiger partial charge in [-0.3, -0.25) is 19.3 Å². The molecule has 0 bridgehead atoms. The van der Waals surface area contributed by atoms with E-state index in [1.54, 1.807) is 17.8 Å². The Kier molecular flexibility index (Phi) is 7.14. The van der Waals surface area contributed by atoms with Gasteiger partial charge in [-0.1, -0.05) is 19.9 Å². The number of aryl methyl sites for hydroxylation is 1. The van der Waals surface area contributed by atoms with Crippen molar-refractivity contribution in [3.63, 3.8) is 0 Å². The summed E-state index contributed by atoms with van der Waals surface area (Å²) >= 11 is 0. The predicted molar refractivity (Wildman–Crippen MR) is 134 cm³/mol. The summed E-state index contributed by atoms with van der Waals surface area (Å²) in [5, 5.41) is 10.4. The number of nitrogens with zero attached hydrogens (tertiary/aromatic N) is 4. The van der Waals surface area contributed by atoms with Gasteiger partial charge in [0.2, 0.25) is 0 Å². The molecule has 0 radical (unpaired) electrons. The van der Waals surface area contributed by atoms with Gasteiger partial charge in [0.05, 0.1) is 6.20 Å². The zero-order valence-electron chi connectivity index (χ0n) is 20.4. The van der Waals surface area contributed by atoms with Crippen LogP contribution in [0.25, 0.3) is 11.1 Å². The van der Waals surface area contributed by atoms with E-state index < -0.39 is 0 Å². The Balaban J connectivity index is 1.47. The molecule has 0 aromatic carbocycles. The monoisotopic (exact) mass is 462 g/mol. The molecule has 3 aromatic heterocycles. The van der Waals surface area contributed by atoms with E-state index in [4.69, 9.17) is 0 Å². The Morgan fingerprint density at radius 3 is 2.47 bits per heavy atom. The minimum Gasteiger partial charge on any atom is -0.378 e. The van der Waals surface area contributed by atoms with Crippen LogP contribution in [0.4, 0.5) is 5.69 Å². The molecule has 3 aromatic rings. The van der Waals surface area contributed by atoms with Crippen molar-refractivity contribution in [1.29, 1.82) is 0 Å².